The highest BCUT2D eigenvalue weighted by atomic mass is 35.5. The van der Waals surface area contributed by atoms with E-state index in [1.807, 2.05) is 41.4 Å². The monoisotopic (exact) mass is 492 g/mol. The van der Waals surface area contributed by atoms with Crippen LogP contribution in [0.2, 0.25) is 20.1 Å². The molecule has 2 aliphatic heterocycles. The van der Waals surface area contributed by atoms with Gasteiger partial charge in [-0.05, 0) is 54.1 Å². The fourth-order valence-electron chi connectivity index (χ4n) is 3.98. The lowest BCUT2D eigenvalue weighted by atomic mass is 9.96. The molecule has 0 radical (unpaired) electrons. The van der Waals surface area contributed by atoms with E-state index in [4.69, 9.17) is 61.0 Å². The summed E-state index contributed by atoms with van der Waals surface area (Å²) in [4.78, 5) is 0. The van der Waals surface area contributed by atoms with Gasteiger partial charge in [-0.15, -0.1) is 0 Å². The maximum atomic E-state index is 6.52. The first kappa shape index (κ1) is 20.8. The largest absolute Gasteiger partial charge is 0.497 e. The molecule has 0 amide bonds. The second-order valence-corrected chi connectivity index (χ2v) is 9.00. The van der Waals surface area contributed by atoms with E-state index in [-0.39, 0.29) is 6.04 Å². The number of halogens is 4. The zero-order chi connectivity index (χ0) is 21.7. The molecule has 0 spiro atoms. The molecule has 3 aromatic rings. The second-order valence-electron chi connectivity index (χ2n) is 7.32. The van der Waals surface area contributed by atoms with E-state index in [2.05, 4.69) is 0 Å². The molecule has 2 heterocycles. The number of hydrazone groups is 1. The van der Waals surface area contributed by atoms with Crippen molar-refractivity contribution in [2.75, 3.05) is 7.11 Å². The highest BCUT2D eigenvalue weighted by molar-refractivity contribution is 6.36. The number of ether oxygens (including phenoxy) is 2. The molecule has 8 heteroatoms. The summed E-state index contributed by atoms with van der Waals surface area (Å²) in [5.74, 6) is 1.38. The van der Waals surface area contributed by atoms with Gasteiger partial charge in [-0.1, -0.05) is 52.5 Å². The number of nitrogens with zero attached hydrogens (tertiary/aromatic N) is 2. The van der Waals surface area contributed by atoms with E-state index in [1.54, 1.807) is 25.3 Å². The van der Waals surface area contributed by atoms with Gasteiger partial charge in [0.2, 0.25) is 6.23 Å². The lowest BCUT2D eigenvalue weighted by Gasteiger charge is -2.39. The minimum absolute atomic E-state index is 0.103. The Morgan fingerprint density at radius 2 is 1.65 bits per heavy atom. The van der Waals surface area contributed by atoms with Crippen molar-refractivity contribution in [1.29, 1.82) is 0 Å². The Morgan fingerprint density at radius 3 is 2.35 bits per heavy atom. The van der Waals surface area contributed by atoms with E-state index in [9.17, 15) is 0 Å². The molecule has 0 saturated carbocycles. The molecule has 0 aliphatic carbocycles. The van der Waals surface area contributed by atoms with E-state index in [0.717, 1.165) is 28.2 Å². The first-order chi connectivity index (χ1) is 14.9. The van der Waals surface area contributed by atoms with Crippen LogP contribution in [0.1, 0.15) is 35.4 Å². The van der Waals surface area contributed by atoms with Gasteiger partial charge in [-0.2, -0.15) is 5.10 Å². The molecular weight excluding hydrogens is 478 g/mol. The summed E-state index contributed by atoms with van der Waals surface area (Å²) in [7, 11) is 1.64. The van der Waals surface area contributed by atoms with Crippen LogP contribution in [0, 0.1) is 0 Å². The molecule has 2 aliphatic rings. The Labute approximate surface area is 199 Å². The fraction of sp³-hybridized carbons (Fsp3) is 0.174. The lowest BCUT2D eigenvalue weighted by molar-refractivity contribution is -0.0188. The summed E-state index contributed by atoms with van der Waals surface area (Å²) in [6.07, 6.45) is 0.109. The summed E-state index contributed by atoms with van der Waals surface area (Å²) >= 11 is 25.4. The Balaban J connectivity index is 1.62. The first-order valence-corrected chi connectivity index (χ1v) is 11.1. The molecule has 5 rings (SSSR count). The minimum Gasteiger partial charge on any atom is -0.497 e. The van der Waals surface area contributed by atoms with E-state index < -0.39 is 6.23 Å². The smallest absolute Gasteiger partial charge is 0.215 e. The van der Waals surface area contributed by atoms with Crippen LogP contribution in [0.3, 0.4) is 0 Å². The number of hydrogen-bond donors (Lipinski definition) is 0. The van der Waals surface area contributed by atoms with Crippen LogP contribution in [-0.4, -0.2) is 17.8 Å². The van der Waals surface area contributed by atoms with Crippen molar-refractivity contribution in [2.45, 2.75) is 18.7 Å². The SMILES string of the molecule is COc1ccc(C2=NN3[C@H](C2)c2cc(Cl)cc(Cl)c2O[C@H]3c2ccc(Cl)cc2Cl)cc1. The van der Waals surface area contributed by atoms with Crippen LogP contribution in [0.15, 0.2) is 59.7 Å². The molecule has 31 heavy (non-hydrogen) atoms. The number of benzene rings is 3. The molecular formula is C23H16Cl4N2O2. The maximum Gasteiger partial charge on any atom is 0.215 e. The number of rotatable bonds is 3. The third-order valence-electron chi connectivity index (χ3n) is 5.46. The fourth-order valence-corrected chi connectivity index (χ4v) is 5.03. The molecule has 2 atom stereocenters. The van der Waals surface area contributed by atoms with E-state index in [1.165, 1.54) is 0 Å². The second kappa shape index (κ2) is 8.10. The number of fused-ring (bicyclic) bond motifs is 3. The average molecular weight is 494 g/mol. The Hall–Kier alpha value is -2.11. The van der Waals surface area contributed by atoms with Crippen molar-refractivity contribution in [2.24, 2.45) is 5.10 Å². The quantitative estimate of drug-likeness (QED) is 0.377. The molecule has 3 aromatic carbocycles. The van der Waals surface area contributed by atoms with Gasteiger partial charge in [-0.25, -0.2) is 5.01 Å². The third-order valence-corrected chi connectivity index (χ3v) is 6.52. The Bertz CT molecular complexity index is 1200. The van der Waals surface area contributed by atoms with Gasteiger partial charge in [0.25, 0.3) is 0 Å². The van der Waals surface area contributed by atoms with E-state index >= 15 is 0 Å². The predicted molar refractivity (Wildman–Crippen MR) is 125 cm³/mol. The van der Waals surface area contributed by atoms with Crippen LogP contribution in [0.25, 0.3) is 0 Å². The molecule has 0 unspecified atom stereocenters. The lowest BCUT2D eigenvalue weighted by Crippen LogP contribution is -2.34. The van der Waals surface area contributed by atoms with Crippen LogP contribution in [-0.2, 0) is 0 Å². The van der Waals surface area contributed by atoms with Crippen molar-refractivity contribution in [3.63, 3.8) is 0 Å². The Kier molecular flexibility index (Phi) is 5.43. The van der Waals surface area contributed by atoms with Crippen molar-refractivity contribution in [3.8, 4) is 11.5 Å². The normalized spacial score (nSPS) is 19.4. The highest BCUT2D eigenvalue weighted by Gasteiger charge is 2.42. The Morgan fingerprint density at radius 1 is 0.903 bits per heavy atom. The van der Waals surface area contributed by atoms with Gasteiger partial charge in [0.15, 0.2) is 0 Å². The van der Waals surface area contributed by atoms with Gasteiger partial charge in [0, 0.05) is 27.6 Å². The van der Waals surface area contributed by atoms with Gasteiger partial charge >= 0.3 is 0 Å². The van der Waals surface area contributed by atoms with Crippen molar-refractivity contribution in [1.82, 2.24) is 5.01 Å². The van der Waals surface area contributed by atoms with Gasteiger partial charge in [0.1, 0.15) is 11.5 Å². The van der Waals surface area contributed by atoms with Crippen molar-refractivity contribution in [3.05, 3.63) is 91.4 Å². The molecule has 0 bridgehead atoms. The summed E-state index contributed by atoms with van der Waals surface area (Å²) in [6, 6.07) is 16.6. The first-order valence-electron chi connectivity index (χ1n) is 9.55. The molecule has 0 N–H and O–H groups in total. The molecule has 4 nitrogen and oxygen atoms in total. The molecule has 158 valence electrons. The van der Waals surface area contributed by atoms with Crippen molar-refractivity contribution >= 4 is 52.1 Å². The average Bonchev–Trinajstić information content (AvgIpc) is 3.20. The predicted octanol–water partition coefficient (Wildman–Crippen LogP) is 7.55. The van der Waals surface area contributed by atoms with Crippen LogP contribution >= 0.6 is 46.4 Å². The van der Waals surface area contributed by atoms with Gasteiger partial charge < -0.3 is 9.47 Å². The zero-order valence-corrected chi connectivity index (χ0v) is 19.3. The topological polar surface area (TPSA) is 34.1 Å². The van der Waals surface area contributed by atoms with Crippen LogP contribution in [0.4, 0.5) is 0 Å². The molecule has 0 saturated heterocycles. The zero-order valence-electron chi connectivity index (χ0n) is 16.3. The third kappa shape index (κ3) is 3.72. The number of methoxy groups -OCH3 is 1. The van der Waals surface area contributed by atoms with Gasteiger partial charge in [-0.3, -0.25) is 0 Å². The molecule has 0 aromatic heterocycles. The number of hydrogen-bond acceptors (Lipinski definition) is 4. The van der Waals surface area contributed by atoms with Crippen LogP contribution < -0.4 is 9.47 Å². The standard InChI is InChI=1S/C23H16Cl4N2O2/c1-30-15-5-2-12(3-6-15)20-11-21-17-8-14(25)10-19(27)22(17)31-23(29(21)28-20)16-7-4-13(24)9-18(16)26/h2-10,21,23H,11H2,1H3/t21-,23+/m1/s1. The highest BCUT2D eigenvalue weighted by Crippen LogP contribution is 2.51. The van der Waals surface area contributed by atoms with Crippen molar-refractivity contribution < 1.29 is 9.47 Å². The maximum absolute atomic E-state index is 6.52. The van der Waals surface area contributed by atoms with Gasteiger partial charge in [0.05, 0.1) is 28.9 Å². The molecule has 0 fully saturated rings. The summed E-state index contributed by atoms with van der Waals surface area (Å²) in [5, 5.41) is 8.89. The summed E-state index contributed by atoms with van der Waals surface area (Å²) in [6.45, 7) is 0. The summed E-state index contributed by atoms with van der Waals surface area (Å²) < 4.78 is 11.6. The van der Waals surface area contributed by atoms with E-state index in [0.29, 0.717) is 32.3 Å². The summed E-state index contributed by atoms with van der Waals surface area (Å²) in [5.41, 5.74) is 3.58. The minimum atomic E-state index is -0.559. The van der Waals surface area contributed by atoms with Crippen LogP contribution in [0.5, 0.6) is 11.5 Å².